The molecule has 3 rings (SSSR count). The summed E-state index contributed by atoms with van der Waals surface area (Å²) in [5.41, 5.74) is 2.59. The van der Waals surface area contributed by atoms with Crippen molar-refractivity contribution in [3.05, 3.63) is 64.3 Å². The Hall–Kier alpha value is -2.77. The van der Waals surface area contributed by atoms with Gasteiger partial charge in [-0.05, 0) is 49.0 Å². The number of ether oxygens (including phenoxy) is 2. The van der Waals surface area contributed by atoms with Gasteiger partial charge in [0.25, 0.3) is 5.91 Å². The van der Waals surface area contributed by atoms with E-state index in [2.05, 4.69) is 16.0 Å². The molecule has 0 saturated heterocycles. The first-order chi connectivity index (χ1) is 13.4. The molecule has 8 heteroatoms. The first kappa shape index (κ1) is 20.0. The maximum absolute atomic E-state index is 13.0. The Morgan fingerprint density at radius 1 is 1.18 bits per heavy atom. The number of para-hydroxylation sites is 1. The molecule has 1 heterocycles. The van der Waals surface area contributed by atoms with Crippen molar-refractivity contribution >= 4 is 40.5 Å². The van der Waals surface area contributed by atoms with Crippen LogP contribution in [-0.4, -0.2) is 25.2 Å². The third kappa shape index (κ3) is 4.05. The molecule has 0 bridgehead atoms. The van der Waals surface area contributed by atoms with Crippen molar-refractivity contribution in [3.63, 3.8) is 0 Å². The van der Waals surface area contributed by atoms with E-state index in [1.807, 2.05) is 37.3 Å². The summed E-state index contributed by atoms with van der Waals surface area (Å²) in [7, 11) is 3.05. The quantitative estimate of drug-likeness (QED) is 0.643. The number of carbonyl (C=O) groups is 1. The lowest BCUT2D eigenvalue weighted by Crippen LogP contribution is -2.45. The van der Waals surface area contributed by atoms with Crippen LogP contribution in [0.4, 0.5) is 5.69 Å². The molecule has 0 aliphatic carbocycles. The van der Waals surface area contributed by atoms with Crippen LogP contribution >= 0.6 is 23.8 Å². The number of allylic oxidation sites excluding steroid dienone is 1. The van der Waals surface area contributed by atoms with Crippen LogP contribution in [0.3, 0.4) is 0 Å². The topological polar surface area (TPSA) is 71.6 Å². The number of rotatable bonds is 5. The van der Waals surface area contributed by atoms with Crippen LogP contribution in [0.15, 0.2) is 53.7 Å². The molecule has 1 unspecified atom stereocenters. The smallest absolute Gasteiger partial charge is 0.255 e. The lowest BCUT2D eigenvalue weighted by Gasteiger charge is -2.31. The average Bonchev–Trinajstić information content (AvgIpc) is 2.67. The zero-order chi connectivity index (χ0) is 20.3. The number of anilines is 1. The lowest BCUT2D eigenvalue weighted by atomic mass is 9.94. The molecule has 146 valence electrons. The Morgan fingerprint density at radius 3 is 2.54 bits per heavy atom. The molecule has 6 nitrogen and oxygen atoms in total. The molecule has 0 fully saturated rings. The highest BCUT2D eigenvalue weighted by Gasteiger charge is 2.31. The van der Waals surface area contributed by atoms with Crippen molar-refractivity contribution < 1.29 is 14.3 Å². The minimum atomic E-state index is -0.505. The highest BCUT2D eigenvalue weighted by Crippen LogP contribution is 2.39. The number of methoxy groups -OCH3 is 2. The molecule has 28 heavy (non-hydrogen) atoms. The zero-order valence-corrected chi connectivity index (χ0v) is 17.2. The van der Waals surface area contributed by atoms with E-state index < -0.39 is 6.04 Å². The largest absolute Gasteiger partial charge is 0.493 e. The number of benzene rings is 2. The summed E-state index contributed by atoms with van der Waals surface area (Å²) < 4.78 is 10.7. The van der Waals surface area contributed by atoms with Gasteiger partial charge in [0.2, 0.25) is 0 Å². The Labute approximate surface area is 173 Å². The number of hydrogen-bond acceptors (Lipinski definition) is 4. The van der Waals surface area contributed by atoms with Crippen molar-refractivity contribution in [2.45, 2.75) is 13.0 Å². The molecule has 0 spiro atoms. The third-order valence-corrected chi connectivity index (χ3v) is 4.84. The standard InChI is InChI=1S/C20H20ClN3O3S/c1-11-16(19(25)23-13-7-5-4-6-8-13)17(24-20(28)22-11)12-9-14(21)18(27-3)15(10-12)26-2/h4-10,17H,1-3H3,(H,23,25)(H2,22,24,28). The SMILES string of the molecule is COc1cc(C2NC(=S)NC(C)=C2C(=O)Nc2ccccc2)cc(Cl)c1OC. The third-order valence-electron chi connectivity index (χ3n) is 4.33. The van der Waals surface area contributed by atoms with Gasteiger partial charge < -0.3 is 25.4 Å². The predicted molar refractivity (Wildman–Crippen MR) is 114 cm³/mol. The van der Waals surface area contributed by atoms with Gasteiger partial charge in [-0.15, -0.1) is 0 Å². The van der Waals surface area contributed by atoms with E-state index in [1.165, 1.54) is 14.2 Å². The highest BCUT2D eigenvalue weighted by atomic mass is 35.5. The maximum atomic E-state index is 13.0. The molecule has 3 N–H and O–H groups in total. The Kier molecular flexibility index (Phi) is 6.06. The first-order valence-corrected chi connectivity index (χ1v) is 9.29. The van der Waals surface area contributed by atoms with Crippen LogP contribution in [-0.2, 0) is 4.79 Å². The van der Waals surface area contributed by atoms with Gasteiger partial charge in [-0.25, -0.2) is 0 Å². The average molecular weight is 418 g/mol. The normalized spacial score (nSPS) is 16.1. The lowest BCUT2D eigenvalue weighted by molar-refractivity contribution is -0.113. The summed E-state index contributed by atoms with van der Waals surface area (Å²) in [6.45, 7) is 1.81. The molecule has 0 radical (unpaired) electrons. The fourth-order valence-electron chi connectivity index (χ4n) is 3.07. The van der Waals surface area contributed by atoms with Crippen molar-refractivity contribution in [2.75, 3.05) is 19.5 Å². The second-order valence-corrected chi connectivity index (χ2v) is 6.94. The fraction of sp³-hybridized carbons (Fsp3) is 0.200. The second-order valence-electron chi connectivity index (χ2n) is 6.13. The van der Waals surface area contributed by atoms with Gasteiger partial charge in [-0.2, -0.15) is 0 Å². The molecular weight excluding hydrogens is 398 g/mol. The molecule has 1 aliphatic rings. The number of halogens is 1. The Bertz CT molecular complexity index is 947. The number of amides is 1. The fourth-order valence-corrected chi connectivity index (χ4v) is 3.64. The molecular formula is C20H20ClN3O3S. The zero-order valence-electron chi connectivity index (χ0n) is 15.6. The number of hydrogen-bond donors (Lipinski definition) is 3. The van der Waals surface area contributed by atoms with Gasteiger partial charge in [0.1, 0.15) is 0 Å². The summed E-state index contributed by atoms with van der Waals surface area (Å²) in [5.74, 6) is 0.652. The molecule has 1 aliphatic heterocycles. The van der Waals surface area contributed by atoms with Crippen molar-refractivity contribution in [3.8, 4) is 11.5 Å². The number of thiocarbonyl (C=S) groups is 1. The van der Waals surface area contributed by atoms with E-state index in [9.17, 15) is 4.79 Å². The molecule has 2 aromatic carbocycles. The van der Waals surface area contributed by atoms with E-state index in [-0.39, 0.29) is 5.91 Å². The number of nitrogens with one attached hydrogen (secondary N) is 3. The summed E-state index contributed by atoms with van der Waals surface area (Å²) in [6.07, 6.45) is 0. The van der Waals surface area contributed by atoms with E-state index in [0.29, 0.717) is 38.6 Å². The van der Waals surface area contributed by atoms with Crippen LogP contribution in [0.1, 0.15) is 18.5 Å². The van der Waals surface area contributed by atoms with Crippen LogP contribution in [0.2, 0.25) is 5.02 Å². The van der Waals surface area contributed by atoms with Gasteiger partial charge in [-0.1, -0.05) is 29.8 Å². The molecule has 0 aromatic heterocycles. The van der Waals surface area contributed by atoms with Crippen LogP contribution in [0, 0.1) is 0 Å². The van der Waals surface area contributed by atoms with Gasteiger partial charge in [0, 0.05) is 11.4 Å². The number of carbonyl (C=O) groups excluding carboxylic acids is 1. The molecule has 0 saturated carbocycles. The molecule has 1 amide bonds. The van der Waals surface area contributed by atoms with Gasteiger partial charge in [0.15, 0.2) is 16.6 Å². The predicted octanol–water partition coefficient (Wildman–Crippen LogP) is 3.79. The minimum absolute atomic E-state index is 0.248. The summed E-state index contributed by atoms with van der Waals surface area (Å²) in [6, 6.07) is 12.3. The van der Waals surface area contributed by atoms with Crippen LogP contribution < -0.4 is 25.4 Å². The minimum Gasteiger partial charge on any atom is -0.493 e. The van der Waals surface area contributed by atoms with Crippen molar-refractivity contribution in [1.29, 1.82) is 0 Å². The first-order valence-electron chi connectivity index (χ1n) is 8.50. The monoisotopic (exact) mass is 417 g/mol. The summed E-state index contributed by atoms with van der Waals surface area (Å²) in [5, 5.41) is 9.87. The Morgan fingerprint density at radius 2 is 1.89 bits per heavy atom. The van der Waals surface area contributed by atoms with E-state index >= 15 is 0 Å². The van der Waals surface area contributed by atoms with E-state index in [1.54, 1.807) is 12.1 Å². The van der Waals surface area contributed by atoms with Gasteiger partial charge in [0.05, 0.1) is 30.9 Å². The maximum Gasteiger partial charge on any atom is 0.255 e. The highest BCUT2D eigenvalue weighted by molar-refractivity contribution is 7.80. The van der Waals surface area contributed by atoms with Crippen molar-refractivity contribution in [2.24, 2.45) is 0 Å². The van der Waals surface area contributed by atoms with Gasteiger partial charge in [-0.3, -0.25) is 4.79 Å². The van der Waals surface area contributed by atoms with Crippen LogP contribution in [0.25, 0.3) is 0 Å². The molecule has 1 atom stereocenters. The second kappa shape index (κ2) is 8.50. The summed E-state index contributed by atoms with van der Waals surface area (Å²) >= 11 is 11.7. The molecule has 2 aromatic rings. The van der Waals surface area contributed by atoms with Crippen LogP contribution in [0.5, 0.6) is 11.5 Å². The van der Waals surface area contributed by atoms with E-state index in [4.69, 9.17) is 33.3 Å². The van der Waals surface area contributed by atoms with E-state index in [0.717, 1.165) is 5.56 Å². The Balaban J connectivity index is 2.02. The van der Waals surface area contributed by atoms with Crippen molar-refractivity contribution in [1.82, 2.24) is 10.6 Å². The van der Waals surface area contributed by atoms with Gasteiger partial charge >= 0.3 is 0 Å². The summed E-state index contributed by atoms with van der Waals surface area (Å²) in [4.78, 5) is 13.0.